The Bertz CT molecular complexity index is 877. The molecule has 0 aliphatic rings. The molecule has 128 valence electrons. The number of aryl methyl sites for hydroxylation is 3. The molecule has 5 nitrogen and oxygen atoms in total. The van der Waals surface area contributed by atoms with Crippen molar-refractivity contribution in [2.24, 2.45) is 5.14 Å². The number of benzene rings is 2. The van der Waals surface area contributed by atoms with Crippen LogP contribution in [0.3, 0.4) is 0 Å². The van der Waals surface area contributed by atoms with E-state index in [1.54, 1.807) is 19.1 Å². The maximum atomic E-state index is 12.1. The van der Waals surface area contributed by atoms with Crippen LogP contribution >= 0.6 is 11.8 Å². The smallest absolute Gasteiger partial charge is 0.238 e. The van der Waals surface area contributed by atoms with Crippen molar-refractivity contribution >= 4 is 33.4 Å². The highest BCUT2D eigenvalue weighted by Crippen LogP contribution is 2.22. The lowest BCUT2D eigenvalue weighted by molar-refractivity contribution is -0.113. The highest BCUT2D eigenvalue weighted by molar-refractivity contribution is 8.00. The summed E-state index contributed by atoms with van der Waals surface area (Å²) in [5.74, 6) is 0.0311. The van der Waals surface area contributed by atoms with Crippen LogP contribution in [0.2, 0.25) is 0 Å². The average Bonchev–Trinajstić information content (AvgIpc) is 2.49. The van der Waals surface area contributed by atoms with E-state index in [9.17, 15) is 13.2 Å². The van der Waals surface area contributed by atoms with E-state index in [2.05, 4.69) is 5.32 Å². The Labute approximate surface area is 146 Å². The quantitative estimate of drug-likeness (QED) is 0.798. The number of nitrogens with two attached hydrogens (primary N) is 1. The van der Waals surface area contributed by atoms with Crippen molar-refractivity contribution in [3.63, 3.8) is 0 Å². The van der Waals surface area contributed by atoms with Crippen LogP contribution in [0, 0.1) is 20.8 Å². The SMILES string of the molecule is Cc1ccc(SCC(=O)Nc2ccc(C)c(S(N)(=O)=O)c2)cc1C. The van der Waals surface area contributed by atoms with Crippen LogP contribution < -0.4 is 10.5 Å². The average molecular weight is 364 g/mol. The Morgan fingerprint density at radius 1 is 1.04 bits per heavy atom. The van der Waals surface area contributed by atoms with Gasteiger partial charge in [-0.15, -0.1) is 11.8 Å². The molecule has 2 aromatic carbocycles. The number of hydrogen-bond donors (Lipinski definition) is 2. The van der Waals surface area contributed by atoms with Crippen LogP contribution in [-0.2, 0) is 14.8 Å². The van der Waals surface area contributed by atoms with Crippen LogP contribution in [0.25, 0.3) is 0 Å². The van der Waals surface area contributed by atoms with Gasteiger partial charge in [0, 0.05) is 10.6 Å². The molecule has 2 rings (SSSR count). The number of carbonyl (C=O) groups excluding carboxylic acids is 1. The molecule has 3 N–H and O–H groups in total. The van der Waals surface area contributed by atoms with Crippen LogP contribution in [0.1, 0.15) is 16.7 Å². The number of sulfonamides is 1. The molecule has 0 aromatic heterocycles. The molecule has 0 spiro atoms. The number of amides is 1. The second kappa shape index (κ2) is 7.38. The Morgan fingerprint density at radius 3 is 2.33 bits per heavy atom. The minimum atomic E-state index is -3.81. The van der Waals surface area contributed by atoms with Crippen LogP contribution in [0.15, 0.2) is 46.2 Å². The Morgan fingerprint density at radius 2 is 1.71 bits per heavy atom. The predicted octanol–water partition coefficient (Wildman–Crippen LogP) is 2.99. The maximum absolute atomic E-state index is 12.1. The normalized spacial score (nSPS) is 11.3. The first kappa shape index (κ1) is 18.5. The second-order valence-electron chi connectivity index (χ2n) is 5.61. The van der Waals surface area contributed by atoms with E-state index in [0.29, 0.717) is 11.3 Å². The molecule has 24 heavy (non-hydrogen) atoms. The fourth-order valence-corrected chi connectivity index (χ4v) is 3.74. The van der Waals surface area contributed by atoms with Crippen molar-refractivity contribution in [1.29, 1.82) is 0 Å². The van der Waals surface area contributed by atoms with Crippen molar-refractivity contribution < 1.29 is 13.2 Å². The summed E-state index contributed by atoms with van der Waals surface area (Å²) in [6.07, 6.45) is 0. The fraction of sp³-hybridized carbons (Fsp3) is 0.235. The molecular weight excluding hydrogens is 344 g/mol. The number of rotatable bonds is 5. The van der Waals surface area contributed by atoms with Gasteiger partial charge in [-0.05, 0) is 61.7 Å². The van der Waals surface area contributed by atoms with Gasteiger partial charge in [0.2, 0.25) is 15.9 Å². The van der Waals surface area contributed by atoms with Crippen molar-refractivity contribution in [2.75, 3.05) is 11.1 Å². The molecular formula is C17H20N2O3S2. The lowest BCUT2D eigenvalue weighted by atomic mass is 10.1. The third kappa shape index (κ3) is 4.83. The topological polar surface area (TPSA) is 89.3 Å². The predicted molar refractivity (Wildman–Crippen MR) is 97.8 cm³/mol. The van der Waals surface area contributed by atoms with Gasteiger partial charge >= 0.3 is 0 Å². The molecule has 0 aliphatic carbocycles. The summed E-state index contributed by atoms with van der Waals surface area (Å²) in [5, 5.41) is 7.87. The van der Waals surface area contributed by atoms with Gasteiger partial charge < -0.3 is 5.32 Å². The van der Waals surface area contributed by atoms with E-state index >= 15 is 0 Å². The highest BCUT2D eigenvalue weighted by atomic mass is 32.2. The summed E-state index contributed by atoms with van der Waals surface area (Å²) >= 11 is 1.43. The summed E-state index contributed by atoms with van der Waals surface area (Å²) in [5.41, 5.74) is 3.34. The number of carbonyl (C=O) groups is 1. The first-order valence-corrected chi connectivity index (χ1v) is 9.83. The van der Waals surface area contributed by atoms with E-state index in [4.69, 9.17) is 5.14 Å². The molecule has 0 heterocycles. The summed E-state index contributed by atoms with van der Waals surface area (Å²) < 4.78 is 23.0. The van der Waals surface area contributed by atoms with E-state index in [1.165, 1.54) is 29.0 Å². The van der Waals surface area contributed by atoms with Gasteiger partial charge in [-0.1, -0.05) is 12.1 Å². The minimum Gasteiger partial charge on any atom is -0.325 e. The number of hydrogen-bond acceptors (Lipinski definition) is 4. The van der Waals surface area contributed by atoms with Crippen LogP contribution in [0.4, 0.5) is 5.69 Å². The zero-order valence-corrected chi connectivity index (χ0v) is 15.4. The van der Waals surface area contributed by atoms with Crippen molar-refractivity contribution in [2.45, 2.75) is 30.6 Å². The molecule has 0 radical (unpaired) electrons. The summed E-state index contributed by atoms with van der Waals surface area (Å²) in [7, 11) is -3.81. The zero-order chi connectivity index (χ0) is 17.9. The van der Waals surface area contributed by atoms with E-state index < -0.39 is 10.0 Å². The number of primary sulfonamides is 1. The zero-order valence-electron chi connectivity index (χ0n) is 13.8. The van der Waals surface area contributed by atoms with Gasteiger partial charge in [0.05, 0.1) is 10.6 Å². The monoisotopic (exact) mass is 364 g/mol. The summed E-state index contributed by atoms with van der Waals surface area (Å²) in [6.45, 7) is 5.72. The van der Waals surface area contributed by atoms with E-state index in [1.807, 2.05) is 32.0 Å². The molecule has 0 saturated heterocycles. The molecule has 2 aromatic rings. The Balaban J connectivity index is 2.03. The Kier molecular flexibility index (Phi) is 5.69. The molecule has 0 atom stereocenters. The largest absolute Gasteiger partial charge is 0.325 e. The summed E-state index contributed by atoms with van der Waals surface area (Å²) in [4.78, 5) is 13.1. The fourth-order valence-electron chi connectivity index (χ4n) is 2.13. The van der Waals surface area contributed by atoms with Gasteiger partial charge in [-0.2, -0.15) is 0 Å². The summed E-state index contributed by atoms with van der Waals surface area (Å²) in [6, 6.07) is 10.7. The Hall–Kier alpha value is -1.83. The third-order valence-electron chi connectivity index (χ3n) is 3.63. The first-order chi connectivity index (χ1) is 11.2. The molecule has 0 bridgehead atoms. The molecule has 7 heteroatoms. The van der Waals surface area contributed by atoms with E-state index in [0.717, 1.165) is 4.90 Å². The van der Waals surface area contributed by atoms with Gasteiger partial charge in [0.25, 0.3) is 0 Å². The van der Waals surface area contributed by atoms with Gasteiger partial charge in [-0.25, -0.2) is 13.6 Å². The number of anilines is 1. The standard InChI is InChI=1S/C17H20N2O3S2/c1-11-5-7-15(8-13(11)3)23-10-17(20)19-14-6-4-12(2)16(9-14)24(18,21)22/h4-9H,10H2,1-3H3,(H,19,20)(H2,18,21,22). The second-order valence-corrected chi connectivity index (χ2v) is 8.19. The number of thioether (sulfide) groups is 1. The maximum Gasteiger partial charge on any atom is 0.238 e. The van der Waals surface area contributed by atoms with Crippen molar-refractivity contribution in [1.82, 2.24) is 0 Å². The number of nitrogens with one attached hydrogen (secondary N) is 1. The first-order valence-electron chi connectivity index (χ1n) is 7.30. The molecule has 0 fully saturated rings. The van der Waals surface area contributed by atoms with Crippen LogP contribution in [0.5, 0.6) is 0 Å². The molecule has 0 unspecified atom stereocenters. The van der Waals surface area contributed by atoms with E-state index in [-0.39, 0.29) is 16.6 Å². The van der Waals surface area contributed by atoms with Crippen LogP contribution in [-0.4, -0.2) is 20.1 Å². The van der Waals surface area contributed by atoms with Crippen molar-refractivity contribution in [3.8, 4) is 0 Å². The van der Waals surface area contributed by atoms with Crippen molar-refractivity contribution in [3.05, 3.63) is 53.1 Å². The highest BCUT2D eigenvalue weighted by Gasteiger charge is 2.13. The lowest BCUT2D eigenvalue weighted by Crippen LogP contribution is -2.17. The minimum absolute atomic E-state index is 0.0158. The van der Waals surface area contributed by atoms with Gasteiger partial charge in [0.15, 0.2) is 0 Å². The molecule has 0 saturated carbocycles. The van der Waals surface area contributed by atoms with Gasteiger partial charge in [-0.3, -0.25) is 4.79 Å². The molecule has 0 aliphatic heterocycles. The van der Waals surface area contributed by atoms with Gasteiger partial charge in [0.1, 0.15) is 0 Å². The molecule has 1 amide bonds. The lowest BCUT2D eigenvalue weighted by Gasteiger charge is -2.09. The third-order valence-corrected chi connectivity index (χ3v) is 5.67.